The molecule has 0 saturated carbocycles. The van der Waals surface area contributed by atoms with E-state index in [1.54, 1.807) is 0 Å². The van der Waals surface area contributed by atoms with Crippen molar-refractivity contribution >= 4 is 0 Å². The quantitative estimate of drug-likeness (QED) is 0.615. The molecule has 0 fully saturated rings. The van der Waals surface area contributed by atoms with Gasteiger partial charge in [0.1, 0.15) is 0 Å². The van der Waals surface area contributed by atoms with E-state index in [2.05, 4.69) is 6.92 Å². The van der Waals surface area contributed by atoms with Crippen molar-refractivity contribution in [3.05, 3.63) is 0 Å². The minimum Gasteiger partial charge on any atom is -0.396 e. The molecule has 0 aromatic carbocycles. The fraction of sp³-hybridized carbons (Fsp3) is 1.00. The van der Waals surface area contributed by atoms with Crippen LogP contribution in [0.1, 0.15) is 19.8 Å². The molecule has 0 rings (SSSR count). The summed E-state index contributed by atoms with van der Waals surface area (Å²) in [5, 5.41) is 8.07. The monoisotopic (exact) mass is 176 g/mol. The predicted molar refractivity (Wildman–Crippen MR) is 22.0 cm³/mol. The molecule has 0 bridgehead atoms. The Balaban J connectivity index is 0. The second-order valence-electron chi connectivity index (χ2n) is 1.08. The first-order chi connectivity index (χ1) is 2.41. The molecule has 0 aliphatic heterocycles. The van der Waals surface area contributed by atoms with Crippen molar-refractivity contribution in [2.24, 2.45) is 0 Å². The summed E-state index contributed by atoms with van der Waals surface area (Å²) >= 11 is 0. The van der Waals surface area contributed by atoms with Crippen LogP contribution in [0.5, 0.6) is 0 Å². The van der Waals surface area contributed by atoms with E-state index in [1.807, 2.05) is 0 Å². The first-order valence-corrected chi connectivity index (χ1v) is 2.02. The average molecular weight is 175 g/mol. The Morgan fingerprint density at radius 3 is 2.00 bits per heavy atom. The van der Waals surface area contributed by atoms with Crippen LogP contribution in [0.25, 0.3) is 0 Å². The van der Waals surface area contributed by atoms with Crippen LogP contribution in [0.2, 0.25) is 0 Å². The van der Waals surface area contributed by atoms with Gasteiger partial charge in [0.25, 0.3) is 0 Å². The molecule has 0 aliphatic rings. The van der Waals surface area contributed by atoms with Gasteiger partial charge >= 0.3 is 19.5 Å². The summed E-state index contributed by atoms with van der Waals surface area (Å²) in [6.07, 6.45) is 2.04. The minimum absolute atomic E-state index is 0. The molecule has 0 amide bonds. The number of rotatable bonds is 2. The minimum atomic E-state index is 0. The molecule has 0 atom stereocenters. The maximum absolute atomic E-state index is 8.07. The molecule has 1 radical (unpaired) electrons. The number of unbranched alkanes of at least 4 members (excludes halogenated alkanes) is 1. The Morgan fingerprint density at radius 2 is 2.00 bits per heavy atom. The fourth-order valence-corrected chi connectivity index (χ4v) is 0.158. The Hall–Kier alpha value is 0.583. The van der Waals surface area contributed by atoms with E-state index in [9.17, 15) is 0 Å². The largest absolute Gasteiger partial charge is 3.00 e. The Bertz CT molecular complexity index is 15.0. The molecule has 0 aromatic rings. The zero-order valence-electron chi connectivity index (χ0n) is 3.92. The van der Waals surface area contributed by atoms with Crippen LogP contribution in [0, 0.1) is 0 Å². The summed E-state index contributed by atoms with van der Waals surface area (Å²) in [6, 6.07) is 0. The summed E-state index contributed by atoms with van der Waals surface area (Å²) in [6.45, 7) is 2.40. The zero-order chi connectivity index (χ0) is 4.12. The molecule has 1 N–H and O–H groups in total. The number of aliphatic hydroxyl groups excluding tert-OH is 1. The Kier molecular flexibility index (Phi) is 14.9. The topological polar surface area (TPSA) is 20.2 Å². The van der Waals surface area contributed by atoms with Crippen LogP contribution in [-0.4, -0.2) is 11.7 Å². The molecule has 0 unspecified atom stereocenters. The van der Waals surface area contributed by atoms with Crippen LogP contribution >= 0.6 is 0 Å². The first kappa shape index (κ1) is 9.77. The van der Waals surface area contributed by atoms with Gasteiger partial charge in [-0.05, 0) is 6.42 Å². The van der Waals surface area contributed by atoms with Crippen LogP contribution in [0.15, 0.2) is 0 Å². The van der Waals surface area contributed by atoms with E-state index in [-0.39, 0.29) is 19.5 Å². The van der Waals surface area contributed by atoms with Crippen molar-refractivity contribution in [2.75, 3.05) is 6.61 Å². The van der Waals surface area contributed by atoms with Crippen molar-refractivity contribution in [3.8, 4) is 0 Å². The number of aliphatic hydroxyl groups is 1. The third kappa shape index (κ3) is 8.82. The molecule has 2 heteroatoms. The Labute approximate surface area is 51.5 Å². The molecule has 0 aliphatic carbocycles. The summed E-state index contributed by atoms with van der Waals surface area (Å²) in [4.78, 5) is 0. The van der Waals surface area contributed by atoms with E-state index >= 15 is 0 Å². The molecule has 37 valence electrons. The van der Waals surface area contributed by atoms with Gasteiger partial charge in [0.15, 0.2) is 0 Å². The average Bonchev–Trinajstić information content (AvgIpc) is 1.41. The van der Waals surface area contributed by atoms with Gasteiger partial charge in [-0.2, -0.15) is 0 Å². The fourth-order valence-electron chi connectivity index (χ4n) is 0.158. The second kappa shape index (κ2) is 9.13. The van der Waals surface area contributed by atoms with Crippen LogP contribution in [-0.2, 0) is 19.5 Å². The third-order valence-corrected chi connectivity index (χ3v) is 0.512. The van der Waals surface area contributed by atoms with E-state index in [4.69, 9.17) is 5.11 Å². The van der Waals surface area contributed by atoms with Crippen molar-refractivity contribution in [2.45, 2.75) is 19.8 Å². The third-order valence-electron chi connectivity index (χ3n) is 0.512. The molecule has 1 nitrogen and oxygen atoms in total. The van der Waals surface area contributed by atoms with Gasteiger partial charge in [0.2, 0.25) is 0 Å². The SMILES string of the molecule is CCCCO.[Ru+3]. The van der Waals surface area contributed by atoms with Crippen molar-refractivity contribution in [3.63, 3.8) is 0 Å². The summed E-state index contributed by atoms with van der Waals surface area (Å²) in [5.74, 6) is 0. The maximum atomic E-state index is 8.07. The molecular formula is C4H10ORu+3. The van der Waals surface area contributed by atoms with Crippen molar-refractivity contribution < 1.29 is 24.6 Å². The Morgan fingerprint density at radius 1 is 1.50 bits per heavy atom. The smallest absolute Gasteiger partial charge is 0.396 e. The van der Waals surface area contributed by atoms with Crippen LogP contribution < -0.4 is 0 Å². The van der Waals surface area contributed by atoms with E-state index < -0.39 is 0 Å². The van der Waals surface area contributed by atoms with Crippen molar-refractivity contribution in [1.82, 2.24) is 0 Å². The number of hydrogen-bond acceptors (Lipinski definition) is 1. The van der Waals surface area contributed by atoms with Gasteiger partial charge < -0.3 is 5.11 Å². The van der Waals surface area contributed by atoms with Gasteiger partial charge in [-0.15, -0.1) is 0 Å². The molecule has 0 spiro atoms. The van der Waals surface area contributed by atoms with Gasteiger partial charge in [0.05, 0.1) is 0 Å². The van der Waals surface area contributed by atoms with Gasteiger partial charge in [-0.1, -0.05) is 13.3 Å². The molecule has 0 aromatic heterocycles. The van der Waals surface area contributed by atoms with E-state index in [0.29, 0.717) is 6.61 Å². The van der Waals surface area contributed by atoms with Crippen molar-refractivity contribution in [1.29, 1.82) is 0 Å². The number of hydrogen-bond donors (Lipinski definition) is 1. The van der Waals surface area contributed by atoms with E-state index in [1.165, 1.54) is 0 Å². The standard InChI is InChI=1S/C4H10O.Ru/c1-2-3-4-5;/h5H,2-4H2,1H3;/q;+3. The molecule has 0 heterocycles. The molecule has 6 heavy (non-hydrogen) atoms. The molecule has 0 saturated heterocycles. The molecular weight excluding hydrogens is 165 g/mol. The summed E-state index contributed by atoms with van der Waals surface area (Å²) in [5.41, 5.74) is 0. The predicted octanol–water partition coefficient (Wildman–Crippen LogP) is 0.776. The van der Waals surface area contributed by atoms with E-state index in [0.717, 1.165) is 12.8 Å². The normalized spacial score (nSPS) is 7.00. The summed E-state index contributed by atoms with van der Waals surface area (Å²) in [7, 11) is 0. The first-order valence-electron chi connectivity index (χ1n) is 2.02. The van der Waals surface area contributed by atoms with Gasteiger partial charge in [-0.25, -0.2) is 0 Å². The summed E-state index contributed by atoms with van der Waals surface area (Å²) < 4.78 is 0. The van der Waals surface area contributed by atoms with Gasteiger partial charge in [0, 0.05) is 6.61 Å². The van der Waals surface area contributed by atoms with Crippen LogP contribution in [0.3, 0.4) is 0 Å². The second-order valence-corrected chi connectivity index (χ2v) is 1.08. The zero-order valence-corrected chi connectivity index (χ0v) is 5.66. The van der Waals surface area contributed by atoms with Gasteiger partial charge in [-0.3, -0.25) is 0 Å². The van der Waals surface area contributed by atoms with Crippen LogP contribution in [0.4, 0.5) is 0 Å². The maximum Gasteiger partial charge on any atom is 3.00 e.